The first kappa shape index (κ1) is 39.2. The van der Waals surface area contributed by atoms with Crippen molar-refractivity contribution in [2.24, 2.45) is 0 Å². The highest BCUT2D eigenvalue weighted by atomic mass is 19.2. The van der Waals surface area contributed by atoms with Crippen LogP contribution in [0.25, 0.3) is 21.5 Å². The Morgan fingerprint density at radius 1 is 0.438 bits per heavy atom. The Labute approximate surface area is 367 Å². The Morgan fingerprint density at radius 2 is 0.906 bits per heavy atom. The minimum atomic E-state index is -0.887. The highest BCUT2D eigenvalue weighted by molar-refractivity contribution is 5.93. The molecule has 0 N–H and O–H groups in total. The number of benzene rings is 6. The number of fused-ring (bicyclic) bond motifs is 8. The summed E-state index contributed by atoms with van der Waals surface area (Å²) in [5.74, 6) is 1.47. The summed E-state index contributed by atoms with van der Waals surface area (Å²) in [6.07, 6.45) is 7.31. The fourth-order valence-corrected chi connectivity index (χ4v) is 8.72. The molecule has 320 valence electrons. The molecule has 8 aromatic rings. The molecule has 0 aliphatic carbocycles. The van der Waals surface area contributed by atoms with E-state index in [-0.39, 0.29) is 12.5 Å². The lowest BCUT2D eigenvalue weighted by atomic mass is 10.00. The normalized spacial score (nSPS) is 15.1. The molecular formula is C51H41F3N6O4. The van der Waals surface area contributed by atoms with Gasteiger partial charge in [-0.25, -0.2) is 13.2 Å². The van der Waals surface area contributed by atoms with E-state index in [0.717, 1.165) is 97.5 Å². The summed E-state index contributed by atoms with van der Waals surface area (Å²) in [7, 11) is 0. The van der Waals surface area contributed by atoms with Gasteiger partial charge in [0.15, 0.2) is 38.6 Å². The Bertz CT molecular complexity index is 3070. The highest BCUT2D eigenvalue weighted by Gasteiger charge is 2.26. The molecule has 0 radical (unpaired) electrons. The lowest BCUT2D eigenvalue weighted by Crippen LogP contribution is -2.32. The van der Waals surface area contributed by atoms with Gasteiger partial charge in [0.25, 0.3) is 0 Å². The maximum absolute atomic E-state index is 14.1. The molecular weight excluding hydrogens is 818 g/mol. The van der Waals surface area contributed by atoms with E-state index in [2.05, 4.69) is 56.2 Å². The van der Waals surface area contributed by atoms with Crippen molar-refractivity contribution in [1.29, 1.82) is 0 Å². The van der Waals surface area contributed by atoms with E-state index < -0.39 is 11.6 Å². The topological polar surface area (TPSA) is 75.7 Å². The number of pyridine rings is 2. The Morgan fingerprint density at radius 3 is 1.39 bits per heavy atom. The van der Waals surface area contributed by atoms with Crippen molar-refractivity contribution in [3.8, 4) is 23.0 Å². The fourth-order valence-electron chi connectivity index (χ4n) is 8.72. The first-order valence-electron chi connectivity index (χ1n) is 21.0. The summed E-state index contributed by atoms with van der Waals surface area (Å²) in [5, 5.41) is 4.22. The maximum atomic E-state index is 14.1. The van der Waals surface area contributed by atoms with Gasteiger partial charge in [-0.15, -0.1) is 0 Å². The number of hydrogen-bond donors (Lipinski definition) is 0. The van der Waals surface area contributed by atoms with Crippen LogP contribution in [0.3, 0.4) is 0 Å². The highest BCUT2D eigenvalue weighted by Crippen LogP contribution is 2.42. The fraction of sp³-hybridized carbons (Fsp3) is 0.176. The van der Waals surface area contributed by atoms with Crippen LogP contribution in [0.5, 0.6) is 23.0 Å². The molecule has 0 saturated carbocycles. The number of aromatic nitrogens is 2. The van der Waals surface area contributed by atoms with Crippen molar-refractivity contribution in [1.82, 2.24) is 9.97 Å². The quantitative estimate of drug-likeness (QED) is 0.171. The first-order chi connectivity index (χ1) is 31.3. The molecule has 0 saturated heterocycles. The Kier molecular flexibility index (Phi) is 9.94. The molecule has 12 rings (SSSR count). The number of ether oxygens (including phenoxy) is 4. The van der Waals surface area contributed by atoms with Crippen LogP contribution in [-0.4, -0.2) is 36.9 Å². The number of halogens is 3. The van der Waals surface area contributed by atoms with Crippen LogP contribution < -0.4 is 38.5 Å². The molecule has 0 spiro atoms. The van der Waals surface area contributed by atoms with Crippen molar-refractivity contribution in [3.05, 3.63) is 179 Å². The summed E-state index contributed by atoms with van der Waals surface area (Å²) in [4.78, 5) is 16.7. The monoisotopic (exact) mass is 858 g/mol. The smallest absolute Gasteiger partial charge is 0.161 e. The molecule has 0 fully saturated rings. The van der Waals surface area contributed by atoms with Crippen LogP contribution in [0.1, 0.15) is 27.8 Å². The Balaban J connectivity index is 0.000000144. The van der Waals surface area contributed by atoms with Crippen LogP contribution in [-0.2, 0) is 26.2 Å². The molecule has 0 atom stereocenters. The molecule has 6 aromatic carbocycles. The summed E-state index contributed by atoms with van der Waals surface area (Å²) in [5.41, 5.74) is 8.33. The van der Waals surface area contributed by atoms with Crippen molar-refractivity contribution in [2.75, 3.05) is 46.5 Å². The van der Waals surface area contributed by atoms with Gasteiger partial charge in [0.2, 0.25) is 0 Å². The van der Waals surface area contributed by atoms with Crippen molar-refractivity contribution >= 4 is 44.3 Å². The van der Waals surface area contributed by atoms with E-state index in [1.807, 2.05) is 64.7 Å². The van der Waals surface area contributed by atoms with Crippen molar-refractivity contribution < 1.29 is 32.1 Å². The van der Waals surface area contributed by atoms with Crippen molar-refractivity contribution in [2.45, 2.75) is 33.1 Å². The zero-order chi connectivity index (χ0) is 43.3. The summed E-state index contributed by atoms with van der Waals surface area (Å²) >= 11 is 0. The van der Waals surface area contributed by atoms with Crippen LogP contribution >= 0.6 is 0 Å². The number of aryl methyl sites for hydroxylation is 1. The lowest BCUT2D eigenvalue weighted by molar-refractivity contribution is 0.288. The van der Waals surface area contributed by atoms with Crippen LogP contribution in [0.15, 0.2) is 134 Å². The average Bonchev–Trinajstić information content (AvgIpc) is 3.34. The number of anilines is 4. The summed E-state index contributed by atoms with van der Waals surface area (Å²) in [6, 6.07) is 33.8. The second-order valence-electron chi connectivity index (χ2n) is 16.3. The zero-order valence-electron chi connectivity index (χ0n) is 34.8. The molecule has 13 heteroatoms. The van der Waals surface area contributed by atoms with Crippen LogP contribution in [0.4, 0.5) is 35.9 Å². The van der Waals surface area contributed by atoms with Crippen LogP contribution in [0.2, 0.25) is 0 Å². The van der Waals surface area contributed by atoms with E-state index in [9.17, 15) is 13.2 Å². The molecule has 0 unspecified atom stereocenters. The third kappa shape index (κ3) is 7.42. The average molecular weight is 859 g/mol. The van der Waals surface area contributed by atoms with Gasteiger partial charge in [0.05, 0.1) is 23.8 Å². The number of rotatable bonds is 4. The van der Waals surface area contributed by atoms with Gasteiger partial charge in [-0.2, -0.15) is 0 Å². The molecule has 64 heavy (non-hydrogen) atoms. The lowest BCUT2D eigenvalue weighted by Gasteiger charge is -2.33. The van der Waals surface area contributed by atoms with E-state index in [0.29, 0.717) is 44.5 Å². The summed E-state index contributed by atoms with van der Waals surface area (Å²) in [6.45, 7) is 5.99. The van der Waals surface area contributed by atoms with Gasteiger partial charge in [-0.05, 0) is 96.1 Å². The molecule has 10 nitrogen and oxygen atoms in total. The molecule has 2 aromatic heterocycles. The predicted molar refractivity (Wildman–Crippen MR) is 241 cm³/mol. The minimum absolute atomic E-state index is 0.237. The number of hydrogen-bond acceptors (Lipinski definition) is 10. The van der Waals surface area contributed by atoms with Gasteiger partial charge in [0.1, 0.15) is 28.8 Å². The molecule has 4 aliphatic heterocycles. The van der Waals surface area contributed by atoms with Crippen molar-refractivity contribution in [3.63, 3.8) is 0 Å². The second kappa shape index (κ2) is 16.2. The van der Waals surface area contributed by atoms with E-state index >= 15 is 0 Å². The first-order valence-corrected chi connectivity index (χ1v) is 21.0. The molecule has 0 bridgehead atoms. The van der Waals surface area contributed by atoms with Gasteiger partial charge in [-0.1, -0.05) is 30.3 Å². The van der Waals surface area contributed by atoms with Gasteiger partial charge in [0, 0.05) is 89.0 Å². The largest absolute Gasteiger partial charge is 0.473 e. The standard InChI is InChI=1S/C27H21F3N2O2.C24H20N4O2/c1-16-2-5-20(10-24(16)29)31-12-18-4-3-17-9-26-19(8-22(17)27(18)34-15-31)13-32(14-33-26)21-6-7-23(28)25(30)11-21;1-3-20(11-25-7-1)27-13-18-6-5-17-10-23-19(9-22(17)24(18)30-16-27)14-28(15-29-23)21-4-2-8-26-12-21/h2-11H,12-15H2,1H3;1-12H,13-16H2. The molecule has 6 heterocycles. The van der Waals surface area contributed by atoms with Gasteiger partial charge in [-0.3, -0.25) is 9.97 Å². The molecule has 4 aliphatic rings. The Hall–Kier alpha value is -7.67. The van der Waals surface area contributed by atoms with Gasteiger partial charge < -0.3 is 38.5 Å². The number of nitrogens with zero attached hydrogens (tertiary/aromatic N) is 6. The van der Waals surface area contributed by atoms with Gasteiger partial charge >= 0.3 is 0 Å². The predicted octanol–water partition coefficient (Wildman–Crippen LogP) is 10.6. The third-order valence-electron chi connectivity index (χ3n) is 12.2. The van der Waals surface area contributed by atoms with E-state index in [1.165, 1.54) is 17.7 Å². The zero-order valence-corrected chi connectivity index (χ0v) is 34.8. The van der Waals surface area contributed by atoms with E-state index in [4.69, 9.17) is 18.9 Å². The maximum Gasteiger partial charge on any atom is 0.161 e. The molecule has 0 amide bonds. The summed E-state index contributed by atoms with van der Waals surface area (Å²) < 4.78 is 65.6. The third-order valence-corrected chi connectivity index (χ3v) is 12.2. The van der Waals surface area contributed by atoms with Crippen LogP contribution in [0, 0.1) is 24.4 Å². The minimum Gasteiger partial charge on any atom is -0.473 e. The SMILES string of the molecule is Cc1ccc(N2COc3c(ccc4cc5c(cc34)CN(c3ccc(F)c(F)c3)CO5)C2)cc1F.c1cncc(N2COc3cc4ccc5c(c4cc3C2)OCN(c2cccnc2)C5)c1. The van der Waals surface area contributed by atoms with E-state index in [1.54, 1.807) is 31.5 Å². The second-order valence-corrected chi connectivity index (χ2v) is 16.3.